The lowest BCUT2D eigenvalue weighted by atomic mass is 10.1. The zero-order valence-corrected chi connectivity index (χ0v) is 18.1. The van der Waals surface area contributed by atoms with Gasteiger partial charge in [-0.2, -0.15) is 0 Å². The average Bonchev–Trinajstić information content (AvgIpc) is 2.20. The van der Waals surface area contributed by atoms with Gasteiger partial charge in [0.25, 0.3) is 0 Å². The van der Waals surface area contributed by atoms with Crippen LogP contribution in [0.15, 0.2) is 51.1 Å². The molecule has 0 aromatic heterocycles. The fourth-order valence-corrected chi connectivity index (χ4v) is 6.87. The molecule has 0 spiro atoms. The predicted octanol–water partition coefficient (Wildman–Crippen LogP) is 7.93. The molecule has 0 saturated carbocycles. The fourth-order valence-electron chi connectivity index (χ4n) is 1.56. The zero-order chi connectivity index (χ0) is 13.4. The maximum Gasteiger partial charge on any atom is 0.0277 e. The lowest BCUT2D eigenvalue weighted by molar-refractivity contribution is 1.47. The van der Waals surface area contributed by atoms with Crippen molar-refractivity contribution in [1.82, 2.24) is 0 Å². The second-order valence-electron chi connectivity index (χ2n) is 3.49. The topological polar surface area (TPSA) is 0 Å². The van der Waals surface area contributed by atoms with Crippen LogP contribution in [0.4, 0.5) is 0 Å². The molecule has 0 nitrogen and oxygen atoms in total. The molecule has 0 aliphatic rings. The second-order valence-corrected chi connectivity index (χ2v) is 8.74. The van der Waals surface area contributed by atoms with E-state index in [4.69, 9.17) is 0 Å². The minimum atomic E-state index is 1.02. The minimum Gasteiger partial charge on any atom is -0.0508 e. The quantitative estimate of drug-likeness (QED) is 0.301. The van der Waals surface area contributed by atoms with Gasteiger partial charge in [-0.3, -0.25) is 0 Å². The summed E-state index contributed by atoms with van der Waals surface area (Å²) in [5.74, 6) is 0. The number of hydrogen-bond donors (Lipinski definition) is 0. The summed E-state index contributed by atoms with van der Waals surface area (Å²) in [6, 6.07) is 8.12. The maximum atomic E-state index is 3.61. The number of halogens is 6. The first-order chi connectivity index (χ1) is 8.40. The Balaban J connectivity index is 2.78. The van der Waals surface area contributed by atoms with E-state index in [0.29, 0.717) is 0 Å². The van der Waals surface area contributed by atoms with Crippen LogP contribution >= 0.6 is 95.6 Å². The maximum absolute atomic E-state index is 3.61. The number of benzene rings is 2. The molecule has 0 N–H and O–H groups in total. The molecule has 0 amide bonds. The van der Waals surface area contributed by atoms with Gasteiger partial charge in [-0.25, -0.2) is 0 Å². The summed E-state index contributed by atoms with van der Waals surface area (Å²) >= 11 is 21.4. The van der Waals surface area contributed by atoms with E-state index in [9.17, 15) is 0 Å². The number of rotatable bonds is 1. The van der Waals surface area contributed by atoms with Crippen LogP contribution in [0.1, 0.15) is 0 Å². The fraction of sp³-hybridized carbons (Fsp3) is 0. The summed E-state index contributed by atoms with van der Waals surface area (Å²) < 4.78 is 6.13. The Morgan fingerprint density at radius 1 is 0.444 bits per heavy atom. The van der Waals surface area contributed by atoms with Crippen molar-refractivity contribution in [2.24, 2.45) is 0 Å². The second kappa shape index (κ2) is 6.39. The monoisotopic (exact) mass is 622 g/mol. The van der Waals surface area contributed by atoms with E-state index in [1.807, 2.05) is 24.3 Å². The first-order valence-corrected chi connectivity index (χ1v) is 9.45. The van der Waals surface area contributed by atoms with Crippen LogP contribution in [0.3, 0.4) is 0 Å². The average molecular weight is 628 g/mol. The molecule has 6 heteroatoms. The molecule has 0 unspecified atom stereocenters. The Kier molecular flexibility index (Phi) is 5.58. The lowest BCUT2D eigenvalue weighted by Gasteiger charge is -2.13. The van der Waals surface area contributed by atoms with Crippen LogP contribution in [0.5, 0.6) is 0 Å². The Labute approximate surface area is 156 Å². The van der Waals surface area contributed by atoms with E-state index in [1.54, 1.807) is 0 Å². The predicted molar refractivity (Wildman–Crippen MR) is 98.1 cm³/mol. The van der Waals surface area contributed by atoms with Crippen molar-refractivity contribution in [2.75, 3.05) is 0 Å². The van der Waals surface area contributed by atoms with Gasteiger partial charge in [0.15, 0.2) is 0 Å². The molecule has 2 aromatic rings. The summed E-state index contributed by atoms with van der Waals surface area (Å²) in [4.78, 5) is 0. The minimum absolute atomic E-state index is 1.02. The molecule has 2 rings (SSSR count). The van der Waals surface area contributed by atoms with E-state index in [0.717, 1.165) is 38.0 Å². The summed E-state index contributed by atoms with van der Waals surface area (Å²) in [5.41, 5.74) is 2.20. The number of hydrogen-bond acceptors (Lipinski definition) is 0. The van der Waals surface area contributed by atoms with E-state index >= 15 is 0 Å². The smallest absolute Gasteiger partial charge is 0.0277 e. The molecule has 0 radical (unpaired) electrons. The standard InChI is InChI=1S/C12H4Br6/c13-5-1-7(15)11(8(16)2-5)12-9(17)3-6(14)4-10(12)18/h1-4H. The normalized spacial score (nSPS) is 10.8. The Hall–Kier alpha value is 1.32. The Morgan fingerprint density at radius 2 is 0.667 bits per heavy atom. The highest BCUT2D eigenvalue weighted by molar-refractivity contribution is 9.12. The van der Waals surface area contributed by atoms with Crippen LogP contribution in [-0.4, -0.2) is 0 Å². The molecule has 0 atom stereocenters. The first kappa shape index (κ1) is 15.7. The molecule has 0 bridgehead atoms. The van der Waals surface area contributed by atoms with Gasteiger partial charge in [-0.15, -0.1) is 0 Å². The Morgan fingerprint density at radius 3 is 0.889 bits per heavy atom. The molecule has 0 aliphatic carbocycles. The molecular weight excluding hydrogens is 624 g/mol. The summed E-state index contributed by atoms with van der Waals surface area (Å²) in [5, 5.41) is 0. The van der Waals surface area contributed by atoms with E-state index < -0.39 is 0 Å². The van der Waals surface area contributed by atoms with Crippen LogP contribution < -0.4 is 0 Å². The molecule has 0 aliphatic heterocycles. The SMILES string of the molecule is Brc1cc(Br)c(-c2c(Br)cc(Br)cc2Br)c(Br)c1. The van der Waals surface area contributed by atoms with Crippen LogP contribution in [0, 0.1) is 0 Å². The van der Waals surface area contributed by atoms with Gasteiger partial charge in [-0.05, 0) is 24.3 Å². The van der Waals surface area contributed by atoms with Crippen molar-refractivity contribution in [3.05, 3.63) is 51.1 Å². The van der Waals surface area contributed by atoms with Gasteiger partial charge in [-0.1, -0.05) is 95.6 Å². The Bertz CT molecular complexity index is 518. The molecule has 0 saturated heterocycles. The molecule has 2 aromatic carbocycles. The highest BCUT2D eigenvalue weighted by Crippen LogP contribution is 2.45. The largest absolute Gasteiger partial charge is 0.0508 e. The van der Waals surface area contributed by atoms with Crippen molar-refractivity contribution in [1.29, 1.82) is 0 Å². The van der Waals surface area contributed by atoms with Crippen molar-refractivity contribution < 1.29 is 0 Å². The molecule has 0 heterocycles. The van der Waals surface area contributed by atoms with Gasteiger partial charge in [0.1, 0.15) is 0 Å². The van der Waals surface area contributed by atoms with Crippen molar-refractivity contribution >= 4 is 95.6 Å². The highest BCUT2D eigenvalue weighted by Gasteiger charge is 2.16. The molecular formula is C12H4Br6. The summed E-state index contributed by atoms with van der Waals surface area (Å²) in [6.07, 6.45) is 0. The van der Waals surface area contributed by atoms with E-state index in [-0.39, 0.29) is 0 Å². The molecule has 18 heavy (non-hydrogen) atoms. The van der Waals surface area contributed by atoms with Crippen molar-refractivity contribution in [3.63, 3.8) is 0 Å². The van der Waals surface area contributed by atoms with Crippen LogP contribution in [0.25, 0.3) is 11.1 Å². The summed E-state index contributed by atoms with van der Waals surface area (Å²) in [7, 11) is 0. The van der Waals surface area contributed by atoms with E-state index in [2.05, 4.69) is 95.6 Å². The van der Waals surface area contributed by atoms with Crippen molar-refractivity contribution in [2.45, 2.75) is 0 Å². The van der Waals surface area contributed by atoms with Crippen LogP contribution in [0.2, 0.25) is 0 Å². The highest BCUT2D eigenvalue weighted by atomic mass is 79.9. The van der Waals surface area contributed by atoms with Crippen molar-refractivity contribution in [3.8, 4) is 11.1 Å². The van der Waals surface area contributed by atoms with Gasteiger partial charge in [0, 0.05) is 38.0 Å². The zero-order valence-electron chi connectivity index (χ0n) is 8.58. The third kappa shape index (κ3) is 3.31. The van der Waals surface area contributed by atoms with Gasteiger partial charge >= 0.3 is 0 Å². The van der Waals surface area contributed by atoms with E-state index in [1.165, 1.54) is 0 Å². The molecule has 94 valence electrons. The summed E-state index contributed by atoms with van der Waals surface area (Å²) in [6.45, 7) is 0. The third-order valence-corrected chi connectivity index (χ3v) is 5.68. The van der Waals surface area contributed by atoms with Gasteiger partial charge in [0.2, 0.25) is 0 Å². The van der Waals surface area contributed by atoms with Gasteiger partial charge < -0.3 is 0 Å². The van der Waals surface area contributed by atoms with Gasteiger partial charge in [0.05, 0.1) is 0 Å². The molecule has 0 fully saturated rings. The lowest BCUT2D eigenvalue weighted by Crippen LogP contribution is -1.87. The first-order valence-electron chi connectivity index (χ1n) is 4.69. The third-order valence-electron chi connectivity index (χ3n) is 2.26. The van der Waals surface area contributed by atoms with Crippen LogP contribution in [-0.2, 0) is 0 Å².